The predicted octanol–water partition coefficient (Wildman–Crippen LogP) is 6.28. The van der Waals surface area contributed by atoms with Gasteiger partial charge >= 0.3 is 0 Å². The largest absolute Gasteiger partial charge is 0.497 e. The first-order valence-electron chi connectivity index (χ1n) is 11.5. The number of rotatable bonds is 5. The van der Waals surface area contributed by atoms with Crippen LogP contribution in [0.1, 0.15) is 63.2 Å². The van der Waals surface area contributed by atoms with Crippen molar-refractivity contribution in [2.75, 3.05) is 36.6 Å². The number of Topliss-reactive ketones (excluding diaryl/α,β-unsaturated/α-hetero) is 1. The third-order valence-corrected chi connectivity index (χ3v) is 6.16. The number of ether oxygens (including phenoxy) is 1. The van der Waals surface area contributed by atoms with E-state index in [1.165, 1.54) is 0 Å². The van der Waals surface area contributed by atoms with Gasteiger partial charge in [-0.15, -0.1) is 0 Å². The number of aromatic amines is 1. The Labute approximate surface area is 203 Å². The molecule has 6 heteroatoms. The monoisotopic (exact) mass is 467 g/mol. The van der Waals surface area contributed by atoms with Gasteiger partial charge in [0.2, 0.25) is 0 Å². The fourth-order valence-corrected chi connectivity index (χ4v) is 4.38. The van der Waals surface area contributed by atoms with Gasteiger partial charge in [0.05, 0.1) is 18.4 Å². The number of aromatic nitrogens is 1. The number of carbonyl (C=O) groups is 1. The van der Waals surface area contributed by atoms with Gasteiger partial charge in [-0.2, -0.15) is 11.8 Å². The van der Waals surface area contributed by atoms with E-state index in [0.717, 1.165) is 47.3 Å². The molecule has 0 radical (unpaired) electrons. The molecule has 0 aliphatic carbocycles. The van der Waals surface area contributed by atoms with E-state index in [0.29, 0.717) is 17.0 Å². The SMILES string of the molecule is CC.CC#CC(=Nc1c(C(=O)C(C)(C)C)c[nH]c1C)c1cc(OC)cc(N2CCSCC2)c1. The van der Waals surface area contributed by atoms with Crippen LogP contribution >= 0.6 is 11.8 Å². The Morgan fingerprint density at radius 2 is 1.85 bits per heavy atom. The normalized spacial score (nSPS) is 14.1. The second-order valence-electron chi connectivity index (χ2n) is 8.61. The number of nitrogens with one attached hydrogen (secondary N) is 1. The van der Waals surface area contributed by atoms with Crippen LogP contribution in [0.15, 0.2) is 29.4 Å². The summed E-state index contributed by atoms with van der Waals surface area (Å²) < 4.78 is 5.58. The Kier molecular flexibility index (Phi) is 9.67. The van der Waals surface area contributed by atoms with Crippen molar-refractivity contribution in [3.05, 3.63) is 41.2 Å². The van der Waals surface area contributed by atoms with Gasteiger partial charge in [-0.05, 0) is 31.9 Å². The van der Waals surface area contributed by atoms with Crippen molar-refractivity contribution in [3.8, 4) is 17.6 Å². The predicted molar refractivity (Wildman–Crippen MR) is 143 cm³/mol. The van der Waals surface area contributed by atoms with Crippen molar-refractivity contribution in [3.63, 3.8) is 0 Å². The fourth-order valence-electron chi connectivity index (χ4n) is 3.48. The minimum absolute atomic E-state index is 0.0524. The van der Waals surface area contributed by atoms with Crippen LogP contribution in [0.5, 0.6) is 5.75 Å². The summed E-state index contributed by atoms with van der Waals surface area (Å²) in [5, 5.41) is 0. The number of benzene rings is 1. The summed E-state index contributed by atoms with van der Waals surface area (Å²) in [6, 6.07) is 6.14. The molecule has 1 aliphatic rings. The molecule has 178 valence electrons. The highest BCUT2D eigenvalue weighted by atomic mass is 32.2. The van der Waals surface area contributed by atoms with Gasteiger partial charge in [0.15, 0.2) is 5.78 Å². The Bertz CT molecular complexity index is 1050. The standard InChI is InChI=1S/C25H31N3O2S.C2H6/c1-7-8-22(27-23-17(2)26-16-21(23)24(29)25(3,4)5)18-13-19(15-20(14-18)30-6)28-9-11-31-12-10-28;1-2/h13-16,26H,9-12H2,1-6H3;1-2H3. The van der Waals surface area contributed by atoms with Crippen molar-refractivity contribution in [1.29, 1.82) is 0 Å². The molecule has 33 heavy (non-hydrogen) atoms. The zero-order valence-corrected chi connectivity index (χ0v) is 22.1. The van der Waals surface area contributed by atoms with Crippen LogP contribution in [-0.4, -0.2) is 48.2 Å². The van der Waals surface area contributed by atoms with Gasteiger partial charge in [-0.1, -0.05) is 40.5 Å². The van der Waals surface area contributed by atoms with Gasteiger partial charge in [0.1, 0.15) is 11.5 Å². The first-order chi connectivity index (χ1) is 15.7. The van der Waals surface area contributed by atoms with Gasteiger partial charge < -0.3 is 14.6 Å². The Morgan fingerprint density at radius 1 is 1.18 bits per heavy atom. The molecule has 0 unspecified atom stereocenters. The second kappa shape index (κ2) is 12.0. The van der Waals surface area contributed by atoms with Crippen LogP contribution in [0.4, 0.5) is 11.4 Å². The molecule has 0 amide bonds. The molecule has 1 aromatic carbocycles. The number of hydrogen-bond acceptors (Lipinski definition) is 5. The van der Waals surface area contributed by atoms with Crippen molar-refractivity contribution in [2.45, 2.75) is 48.5 Å². The summed E-state index contributed by atoms with van der Waals surface area (Å²) in [7, 11) is 1.67. The van der Waals surface area contributed by atoms with Gasteiger partial charge in [0, 0.05) is 59.2 Å². The van der Waals surface area contributed by atoms with Crippen LogP contribution in [0.25, 0.3) is 0 Å². The van der Waals surface area contributed by atoms with Crippen LogP contribution < -0.4 is 9.64 Å². The number of methoxy groups -OCH3 is 1. The first-order valence-corrected chi connectivity index (χ1v) is 12.7. The zero-order chi connectivity index (χ0) is 24.6. The molecule has 1 N–H and O–H groups in total. The smallest absolute Gasteiger partial charge is 0.171 e. The van der Waals surface area contributed by atoms with E-state index < -0.39 is 5.41 Å². The molecule has 0 saturated carbocycles. The molecule has 0 bridgehead atoms. The summed E-state index contributed by atoms with van der Waals surface area (Å²) in [5.41, 5.74) is 4.21. The molecule has 0 atom stereocenters. The maximum absolute atomic E-state index is 13.0. The molecule has 1 fully saturated rings. The van der Waals surface area contributed by atoms with E-state index in [4.69, 9.17) is 9.73 Å². The van der Waals surface area contributed by atoms with Crippen LogP contribution in [0, 0.1) is 24.2 Å². The number of aliphatic imine (C=N–C) groups is 1. The maximum Gasteiger partial charge on any atom is 0.171 e. The molecule has 5 nitrogen and oxygen atoms in total. The lowest BCUT2D eigenvalue weighted by Gasteiger charge is -2.29. The molecule has 1 saturated heterocycles. The lowest BCUT2D eigenvalue weighted by Crippen LogP contribution is -2.32. The molecule has 1 aromatic heterocycles. The Morgan fingerprint density at radius 3 is 2.42 bits per heavy atom. The van der Waals surface area contributed by atoms with Crippen molar-refractivity contribution in [2.24, 2.45) is 10.4 Å². The van der Waals surface area contributed by atoms with E-state index in [1.54, 1.807) is 20.2 Å². The average molecular weight is 468 g/mol. The summed E-state index contributed by atoms with van der Waals surface area (Å²) >= 11 is 1.98. The van der Waals surface area contributed by atoms with Crippen molar-refractivity contribution < 1.29 is 9.53 Å². The number of aryl methyl sites for hydroxylation is 1. The van der Waals surface area contributed by atoms with Gasteiger partial charge in [-0.25, -0.2) is 4.99 Å². The van der Waals surface area contributed by atoms with Crippen LogP contribution in [0.3, 0.4) is 0 Å². The molecular formula is C27H37N3O2S. The number of hydrogen-bond donors (Lipinski definition) is 1. The molecular weight excluding hydrogens is 430 g/mol. The fraction of sp³-hybridized carbons (Fsp3) is 0.481. The highest BCUT2D eigenvalue weighted by Gasteiger charge is 2.27. The lowest BCUT2D eigenvalue weighted by molar-refractivity contribution is 0.0859. The molecule has 2 heterocycles. The summed E-state index contributed by atoms with van der Waals surface area (Å²) in [6.45, 7) is 15.5. The number of anilines is 1. The molecule has 2 aromatic rings. The van der Waals surface area contributed by atoms with Crippen molar-refractivity contribution >= 4 is 34.6 Å². The molecule has 0 spiro atoms. The highest BCUT2D eigenvalue weighted by Crippen LogP contribution is 2.32. The van der Waals surface area contributed by atoms with E-state index in [9.17, 15) is 4.79 Å². The zero-order valence-electron chi connectivity index (χ0n) is 21.3. The Balaban J connectivity index is 0.00000187. The first kappa shape index (κ1) is 26.6. The number of carbonyl (C=O) groups excluding carboxylic acids is 1. The number of H-pyrrole nitrogens is 1. The topological polar surface area (TPSA) is 57.7 Å². The second-order valence-corrected chi connectivity index (χ2v) is 9.83. The minimum atomic E-state index is -0.495. The maximum atomic E-state index is 13.0. The molecule has 3 rings (SSSR count). The molecule has 1 aliphatic heterocycles. The average Bonchev–Trinajstić information content (AvgIpc) is 3.19. The number of thioether (sulfide) groups is 1. The Hall–Kier alpha value is -2.65. The van der Waals surface area contributed by atoms with Gasteiger partial charge in [-0.3, -0.25) is 4.79 Å². The third kappa shape index (κ3) is 6.68. The van der Waals surface area contributed by atoms with Crippen LogP contribution in [-0.2, 0) is 0 Å². The van der Waals surface area contributed by atoms with E-state index >= 15 is 0 Å². The third-order valence-electron chi connectivity index (χ3n) is 5.21. The van der Waals surface area contributed by atoms with Crippen molar-refractivity contribution in [1.82, 2.24) is 4.98 Å². The summed E-state index contributed by atoms with van der Waals surface area (Å²) in [6.07, 6.45) is 1.75. The number of nitrogens with zero attached hydrogens (tertiary/aromatic N) is 2. The number of ketones is 1. The summed E-state index contributed by atoms with van der Waals surface area (Å²) in [4.78, 5) is 23.4. The minimum Gasteiger partial charge on any atom is -0.497 e. The van der Waals surface area contributed by atoms with E-state index in [-0.39, 0.29) is 5.78 Å². The summed E-state index contributed by atoms with van der Waals surface area (Å²) in [5.74, 6) is 9.18. The van der Waals surface area contributed by atoms with Crippen LogP contribution in [0.2, 0.25) is 0 Å². The van der Waals surface area contributed by atoms with E-state index in [1.807, 2.05) is 59.4 Å². The highest BCUT2D eigenvalue weighted by molar-refractivity contribution is 7.99. The van der Waals surface area contributed by atoms with Gasteiger partial charge in [0.25, 0.3) is 0 Å². The lowest BCUT2D eigenvalue weighted by atomic mass is 9.87. The van der Waals surface area contributed by atoms with E-state index in [2.05, 4.69) is 33.9 Å². The quantitative estimate of drug-likeness (QED) is 0.319.